The van der Waals surface area contributed by atoms with Crippen LogP contribution in [0, 0.1) is 0 Å². The van der Waals surface area contributed by atoms with Crippen LogP contribution in [-0.4, -0.2) is 25.5 Å². The van der Waals surface area contributed by atoms with E-state index in [4.69, 9.17) is 9.47 Å². The molecule has 2 aromatic rings. The Labute approximate surface area is 167 Å². The standard InChI is InChI=1S/C24H30O4/c1-3-4-5-12-19-28-24(18-17-22(25)27-2,21-15-10-7-11-16-21)23(26)20-13-8-6-9-14-20/h6-11,13-16H,3-5,12,17-19H2,1-2H3. The third-order valence-corrected chi connectivity index (χ3v) is 4.90. The highest BCUT2D eigenvalue weighted by molar-refractivity contribution is 6.03. The lowest BCUT2D eigenvalue weighted by atomic mass is 9.82. The maximum atomic E-state index is 13.6. The molecule has 0 amide bonds. The Kier molecular flexibility index (Phi) is 8.89. The number of hydrogen-bond acceptors (Lipinski definition) is 4. The van der Waals surface area contributed by atoms with Gasteiger partial charge in [-0.1, -0.05) is 86.8 Å². The Bertz CT molecular complexity index is 727. The SMILES string of the molecule is CCCCCCOC(CCC(=O)OC)(C(=O)c1ccccc1)c1ccccc1. The van der Waals surface area contributed by atoms with Gasteiger partial charge in [0.25, 0.3) is 0 Å². The van der Waals surface area contributed by atoms with Gasteiger partial charge in [-0.05, 0) is 18.4 Å². The molecule has 0 aliphatic carbocycles. The second-order valence-electron chi connectivity index (χ2n) is 6.87. The number of unbranched alkanes of at least 4 members (excludes halogenated alkanes) is 3. The van der Waals surface area contributed by atoms with Gasteiger partial charge in [-0.15, -0.1) is 0 Å². The summed E-state index contributed by atoms with van der Waals surface area (Å²) in [5.74, 6) is -0.477. The van der Waals surface area contributed by atoms with E-state index in [2.05, 4.69) is 6.92 Å². The normalized spacial score (nSPS) is 12.9. The first kappa shape index (κ1) is 21.8. The Morgan fingerprint density at radius 2 is 1.54 bits per heavy atom. The first-order chi connectivity index (χ1) is 13.6. The number of ether oxygens (including phenoxy) is 2. The van der Waals surface area contributed by atoms with Crippen molar-refractivity contribution in [3.05, 3.63) is 71.8 Å². The molecule has 0 aliphatic rings. The van der Waals surface area contributed by atoms with Gasteiger partial charge in [0.2, 0.25) is 0 Å². The minimum atomic E-state index is -1.21. The topological polar surface area (TPSA) is 52.6 Å². The fraction of sp³-hybridized carbons (Fsp3) is 0.417. The predicted octanol–water partition coefficient (Wildman–Crippen LogP) is 5.31. The van der Waals surface area contributed by atoms with Crippen LogP contribution in [0.2, 0.25) is 0 Å². The van der Waals surface area contributed by atoms with Crippen LogP contribution in [0.25, 0.3) is 0 Å². The summed E-state index contributed by atoms with van der Waals surface area (Å²) in [5, 5.41) is 0. The lowest BCUT2D eigenvalue weighted by molar-refractivity contribution is -0.142. The molecule has 4 nitrogen and oxygen atoms in total. The quantitative estimate of drug-likeness (QED) is 0.283. The van der Waals surface area contributed by atoms with E-state index >= 15 is 0 Å². The molecule has 0 saturated carbocycles. The summed E-state index contributed by atoms with van der Waals surface area (Å²) in [6, 6.07) is 18.6. The molecule has 0 fully saturated rings. The largest absolute Gasteiger partial charge is 0.469 e. The van der Waals surface area contributed by atoms with E-state index in [1.807, 2.05) is 48.5 Å². The van der Waals surface area contributed by atoms with Gasteiger partial charge < -0.3 is 9.47 Å². The second-order valence-corrected chi connectivity index (χ2v) is 6.87. The zero-order chi connectivity index (χ0) is 20.2. The number of methoxy groups -OCH3 is 1. The van der Waals surface area contributed by atoms with E-state index in [0.717, 1.165) is 31.2 Å². The molecular formula is C24H30O4. The molecule has 1 unspecified atom stereocenters. The monoisotopic (exact) mass is 382 g/mol. The fourth-order valence-corrected chi connectivity index (χ4v) is 3.30. The fourth-order valence-electron chi connectivity index (χ4n) is 3.30. The summed E-state index contributed by atoms with van der Waals surface area (Å²) >= 11 is 0. The van der Waals surface area contributed by atoms with Crippen LogP contribution < -0.4 is 0 Å². The number of carbonyl (C=O) groups is 2. The Morgan fingerprint density at radius 3 is 2.14 bits per heavy atom. The maximum Gasteiger partial charge on any atom is 0.305 e. The summed E-state index contributed by atoms with van der Waals surface area (Å²) in [6.45, 7) is 2.62. The molecule has 0 bridgehead atoms. The van der Waals surface area contributed by atoms with Crippen molar-refractivity contribution in [2.75, 3.05) is 13.7 Å². The smallest absolute Gasteiger partial charge is 0.305 e. The molecule has 2 aromatic carbocycles. The summed E-state index contributed by atoms with van der Waals surface area (Å²) < 4.78 is 11.1. The van der Waals surface area contributed by atoms with Gasteiger partial charge in [-0.2, -0.15) is 0 Å². The average molecular weight is 382 g/mol. The Balaban J connectivity index is 2.38. The molecule has 0 spiro atoms. The zero-order valence-electron chi connectivity index (χ0n) is 16.9. The third-order valence-electron chi connectivity index (χ3n) is 4.90. The molecule has 0 N–H and O–H groups in total. The zero-order valence-corrected chi connectivity index (χ0v) is 16.9. The van der Waals surface area contributed by atoms with Crippen molar-refractivity contribution in [3.8, 4) is 0 Å². The van der Waals surface area contributed by atoms with Crippen LogP contribution in [0.3, 0.4) is 0 Å². The molecule has 1 atom stereocenters. The number of hydrogen-bond donors (Lipinski definition) is 0. The van der Waals surface area contributed by atoms with Crippen molar-refractivity contribution >= 4 is 11.8 Å². The van der Waals surface area contributed by atoms with Crippen molar-refractivity contribution in [2.24, 2.45) is 0 Å². The molecule has 4 heteroatoms. The number of Topliss-reactive ketones (excluding diaryl/α,β-unsaturated/α-hetero) is 1. The van der Waals surface area contributed by atoms with Crippen molar-refractivity contribution in [1.82, 2.24) is 0 Å². The summed E-state index contributed by atoms with van der Waals surface area (Å²) in [6.07, 6.45) is 4.55. The molecule has 0 aliphatic heterocycles. The molecule has 2 rings (SSSR count). The third kappa shape index (κ3) is 5.77. The van der Waals surface area contributed by atoms with E-state index in [1.54, 1.807) is 12.1 Å². The number of esters is 1. The summed E-state index contributed by atoms with van der Waals surface area (Å²) in [4.78, 5) is 25.5. The minimum absolute atomic E-state index is 0.110. The van der Waals surface area contributed by atoms with Gasteiger partial charge in [0, 0.05) is 18.6 Å². The molecule has 0 radical (unpaired) electrons. The number of benzene rings is 2. The van der Waals surface area contributed by atoms with E-state index in [9.17, 15) is 9.59 Å². The van der Waals surface area contributed by atoms with Gasteiger partial charge in [0.1, 0.15) is 0 Å². The number of rotatable bonds is 12. The van der Waals surface area contributed by atoms with Gasteiger partial charge in [0.05, 0.1) is 7.11 Å². The lowest BCUT2D eigenvalue weighted by Gasteiger charge is -2.33. The lowest BCUT2D eigenvalue weighted by Crippen LogP contribution is -2.40. The first-order valence-electron chi connectivity index (χ1n) is 10.00. The van der Waals surface area contributed by atoms with Gasteiger partial charge in [-0.25, -0.2) is 0 Å². The van der Waals surface area contributed by atoms with E-state index in [0.29, 0.717) is 12.2 Å². The Hall–Kier alpha value is -2.46. The van der Waals surface area contributed by atoms with Crippen LogP contribution in [0.15, 0.2) is 60.7 Å². The number of ketones is 1. The van der Waals surface area contributed by atoms with Gasteiger partial charge in [0.15, 0.2) is 11.4 Å². The summed E-state index contributed by atoms with van der Waals surface area (Å²) in [7, 11) is 1.36. The highest BCUT2D eigenvalue weighted by atomic mass is 16.5. The van der Waals surface area contributed by atoms with Crippen LogP contribution in [-0.2, 0) is 19.9 Å². The molecule has 0 heterocycles. The molecule has 28 heavy (non-hydrogen) atoms. The van der Waals surface area contributed by atoms with Gasteiger partial charge >= 0.3 is 5.97 Å². The van der Waals surface area contributed by atoms with Crippen LogP contribution in [0.5, 0.6) is 0 Å². The van der Waals surface area contributed by atoms with E-state index in [1.165, 1.54) is 7.11 Å². The molecule has 0 saturated heterocycles. The summed E-state index contributed by atoms with van der Waals surface area (Å²) in [5.41, 5.74) is 0.135. The van der Waals surface area contributed by atoms with E-state index < -0.39 is 5.60 Å². The molecular weight excluding hydrogens is 352 g/mol. The van der Waals surface area contributed by atoms with Crippen molar-refractivity contribution in [1.29, 1.82) is 0 Å². The number of carbonyl (C=O) groups excluding carboxylic acids is 2. The average Bonchev–Trinajstić information content (AvgIpc) is 2.76. The van der Waals surface area contributed by atoms with Crippen LogP contribution in [0.4, 0.5) is 0 Å². The second kappa shape index (κ2) is 11.4. The predicted molar refractivity (Wildman–Crippen MR) is 110 cm³/mol. The minimum Gasteiger partial charge on any atom is -0.469 e. The maximum absolute atomic E-state index is 13.6. The van der Waals surface area contributed by atoms with Crippen molar-refractivity contribution in [3.63, 3.8) is 0 Å². The van der Waals surface area contributed by atoms with Crippen LogP contribution >= 0.6 is 0 Å². The van der Waals surface area contributed by atoms with Gasteiger partial charge in [-0.3, -0.25) is 9.59 Å². The Morgan fingerprint density at radius 1 is 0.893 bits per heavy atom. The molecule has 0 aromatic heterocycles. The highest BCUT2D eigenvalue weighted by Gasteiger charge is 2.42. The van der Waals surface area contributed by atoms with Crippen molar-refractivity contribution < 1.29 is 19.1 Å². The van der Waals surface area contributed by atoms with Crippen LogP contribution in [0.1, 0.15) is 61.4 Å². The van der Waals surface area contributed by atoms with E-state index in [-0.39, 0.29) is 24.6 Å². The highest BCUT2D eigenvalue weighted by Crippen LogP contribution is 2.35. The van der Waals surface area contributed by atoms with Crippen molar-refractivity contribution in [2.45, 2.75) is 51.0 Å². The molecule has 150 valence electrons. The first-order valence-corrected chi connectivity index (χ1v) is 10.00.